The van der Waals surface area contributed by atoms with Gasteiger partial charge in [0.15, 0.2) is 0 Å². The molecule has 3 nitrogen and oxygen atoms in total. The molecule has 6 heteroatoms. The first-order chi connectivity index (χ1) is 9.40. The highest BCUT2D eigenvalue weighted by atomic mass is 19.4. The highest BCUT2D eigenvalue weighted by Crippen LogP contribution is 2.48. The second kappa shape index (κ2) is 6.02. The second-order valence-corrected chi connectivity index (χ2v) is 5.88. The van der Waals surface area contributed by atoms with E-state index in [1.165, 1.54) is 4.90 Å². The number of fused-ring (bicyclic) bond motifs is 2. The van der Waals surface area contributed by atoms with Crippen LogP contribution in [0.5, 0.6) is 0 Å². The average molecular weight is 288 g/mol. The number of alkyl halides is 3. The maximum absolute atomic E-state index is 12.4. The van der Waals surface area contributed by atoms with Gasteiger partial charge >= 0.3 is 6.18 Å². The summed E-state index contributed by atoms with van der Waals surface area (Å²) in [4.78, 5) is 13.7. The van der Waals surface area contributed by atoms with Gasteiger partial charge in [-0.1, -0.05) is 6.42 Å². The Labute approximate surface area is 116 Å². The Morgan fingerprint density at radius 2 is 2.00 bits per heavy atom. The Kier molecular flexibility index (Phi) is 4.56. The molecule has 0 N–H and O–H groups in total. The second-order valence-electron chi connectivity index (χ2n) is 5.88. The van der Waals surface area contributed by atoms with Gasteiger partial charge in [0.25, 0.3) is 0 Å². The lowest BCUT2D eigenvalue weighted by atomic mass is 9.87. The fourth-order valence-corrected chi connectivity index (χ4v) is 3.56. The molecule has 3 atom stereocenters. The molecule has 2 bridgehead atoms. The number of nitrogens with zero attached hydrogens (tertiary/aromatic N) is 2. The quantitative estimate of drug-likeness (QED) is 0.780. The predicted molar refractivity (Wildman–Crippen MR) is 66.4 cm³/mol. The molecule has 0 saturated heterocycles. The van der Waals surface area contributed by atoms with Gasteiger partial charge in [0.2, 0.25) is 5.91 Å². The first-order valence-electron chi connectivity index (χ1n) is 7.13. The van der Waals surface area contributed by atoms with E-state index in [2.05, 4.69) is 0 Å². The molecule has 2 saturated carbocycles. The van der Waals surface area contributed by atoms with E-state index in [0.29, 0.717) is 11.8 Å². The Hall–Kier alpha value is -1.25. The number of hydrogen-bond donors (Lipinski definition) is 0. The Morgan fingerprint density at radius 1 is 1.25 bits per heavy atom. The van der Waals surface area contributed by atoms with E-state index in [0.717, 1.165) is 25.7 Å². The van der Waals surface area contributed by atoms with Gasteiger partial charge in [-0.25, -0.2) is 0 Å². The van der Waals surface area contributed by atoms with Crippen molar-refractivity contribution in [1.82, 2.24) is 4.90 Å². The van der Waals surface area contributed by atoms with E-state index in [1.54, 1.807) is 0 Å². The van der Waals surface area contributed by atoms with Crippen LogP contribution in [0.1, 0.15) is 38.5 Å². The standard InChI is InChI=1S/C14H19F3N2O/c15-14(16,17)4-7-19(6-1-5-18)13(20)12-9-10-2-3-11(12)8-10/h10-12H,1-4,6-9H2/t10-,11-,12-/m0/s1. The summed E-state index contributed by atoms with van der Waals surface area (Å²) >= 11 is 0. The maximum Gasteiger partial charge on any atom is 0.390 e. The molecule has 0 aromatic heterocycles. The summed E-state index contributed by atoms with van der Waals surface area (Å²) in [6.45, 7) is -0.211. The van der Waals surface area contributed by atoms with Gasteiger partial charge in [-0.3, -0.25) is 4.79 Å². The van der Waals surface area contributed by atoms with Crippen molar-refractivity contribution in [3.63, 3.8) is 0 Å². The van der Waals surface area contributed by atoms with Crippen LogP contribution in [0.2, 0.25) is 0 Å². The number of halogens is 3. The molecule has 0 spiro atoms. The first-order valence-corrected chi connectivity index (χ1v) is 7.13. The predicted octanol–water partition coefficient (Wildman–Crippen LogP) is 3.12. The maximum atomic E-state index is 12.4. The number of amides is 1. The fourth-order valence-electron chi connectivity index (χ4n) is 3.56. The molecule has 0 aromatic carbocycles. The number of rotatable bonds is 5. The van der Waals surface area contributed by atoms with Crippen LogP contribution >= 0.6 is 0 Å². The van der Waals surface area contributed by atoms with E-state index in [4.69, 9.17) is 5.26 Å². The van der Waals surface area contributed by atoms with Crippen molar-refractivity contribution < 1.29 is 18.0 Å². The molecule has 0 radical (unpaired) electrons. The van der Waals surface area contributed by atoms with E-state index in [9.17, 15) is 18.0 Å². The van der Waals surface area contributed by atoms with Gasteiger partial charge in [-0.05, 0) is 31.1 Å². The summed E-state index contributed by atoms with van der Waals surface area (Å²) in [5.41, 5.74) is 0. The van der Waals surface area contributed by atoms with Gasteiger partial charge in [0.05, 0.1) is 18.9 Å². The van der Waals surface area contributed by atoms with Crippen LogP contribution in [0.25, 0.3) is 0 Å². The summed E-state index contributed by atoms with van der Waals surface area (Å²) in [7, 11) is 0. The number of carbonyl (C=O) groups excluding carboxylic acids is 1. The highest BCUT2D eigenvalue weighted by Gasteiger charge is 2.44. The molecular formula is C14H19F3N2O. The van der Waals surface area contributed by atoms with Crippen LogP contribution in [-0.2, 0) is 4.79 Å². The van der Waals surface area contributed by atoms with Crippen molar-refractivity contribution >= 4 is 5.91 Å². The lowest BCUT2D eigenvalue weighted by molar-refractivity contribution is -0.148. The summed E-state index contributed by atoms with van der Waals surface area (Å²) in [6.07, 6.45) is -1.14. The van der Waals surface area contributed by atoms with E-state index >= 15 is 0 Å². The van der Waals surface area contributed by atoms with Gasteiger partial charge in [0.1, 0.15) is 0 Å². The monoisotopic (exact) mass is 288 g/mol. The zero-order chi connectivity index (χ0) is 14.8. The van der Waals surface area contributed by atoms with E-state index in [-0.39, 0.29) is 31.3 Å². The van der Waals surface area contributed by atoms with Crippen LogP contribution in [0.4, 0.5) is 13.2 Å². The van der Waals surface area contributed by atoms with Crippen molar-refractivity contribution in [2.75, 3.05) is 13.1 Å². The van der Waals surface area contributed by atoms with Gasteiger partial charge < -0.3 is 4.90 Å². The molecule has 20 heavy (non-hydrogen) atoms. The number of carbonyl (C=O) groups is 1. The SMILES string of the molecule is N#CCCN(CCC(F)(F)F)C(=O)[C@H]1C[C@H]2CC[C@H]1C2. The average Bonchev–Trinajstić information content (AvgIpc) is 2.99. The zero-order valence-electron chi connectivity index (χ0n) is 11.3. The molecule has 2 rings (SSSR count). The molecule has 2 fully saturated rings. The lowest BCUT2D eigenvalue weighted by Crippen LogP contribution is -2.40. The molecule has 0 aromatic rings. The van der Waals surface area contributed by atoms with Gasteiger partial charge in [-0.2, -0.15) is 18.4 Å². The molecule has 112 valence electrons. The molecule has 1 amide bonds. The topological polar surface area (TPSA) is 44.1 Å². The third-order valence-electron chi connectivity index (χ3n) is 4.53. The first kappa shape index (κ1) is 15.1. The highest BCUT2D eigenvalue weighted by molar-refractivity contribution is 5.79. The van der Waals surface area contributed by atoms with Crippen LogP contribution < -0.4 is 0 Å². The Bertz CT molecular complexity index is 402. The smallest absolute Gasteiger partial charge is 0.341 e. The zero-order valence-corrected chi connectivity index (χ0v) is 11.3. The Morgan fingerprint density at radius 3 is 2.50 bits per heavy atom. The van der Waals surface area contributed by atoms with Crippen molar-refractivity contribution in [3.05, 3.63) is 0 Å². The lowest BCUT2D eigenvalue weighted by Gasteiger charge is -2.29. The van der Waals surface area contributed by atoms with Crippen LogP contribution in [0.15, 0.2) is 0 Å². The summed E-state index contributed by atoms with van der Waals surface area (Å²) in [5, 5.41) is 8.59. The van der Waals surface area contributed by atoms with E-state index < -0.39 is 12.6 Å². The number of hydrogen-bond acceptors (Lipinski definition) is 2. The van der Waals surface area contributed by atoms with Crippen molar-refractivity contribution in [3.8, 4) is 6.07 Å². The van der Waals surface area contributed by atoms with Crippen LogP contribution in [-0.4, -0.2) is 30.1 Å². The van der Waals surface area contributed by atoms with Crippen molar-refractivity contribution in [2.24, 2.45) is 17.8 Å². The third kappa shape index (κ3) is 3.65. The van der Waals surface area contributed by atoms with Crippen LogP contribution in [0.3, 0.4) is 0 Å². The van der Waals surface area contributed by atoms with Crippen molar-refractivity contribution in [1.29, 1.82) is 5.26 Å². The third-order valence-corrected chi connectivity index (χ3v) is 4.53. The molecule has 0 unspecified atom stereocenters. The largest absolute Gasteiger partial charge is 0.390 e. The minimum atomic E-state index is -4.26. The molecular weight excluding hydrogens is 269 g/mol. The number of nitriles is 1. The summed E-state index contributed by atoms with van der Waals surface area (Å²) in [5.74, 6) is 0.648. The fraction of sp³-hybridized carbons (Fsp3) is 0.857. The molecule has 0 heterocycles. The molecule has 2 aliphatic rings. The summed E-state index contributed by atoms with van der Waals surface area (Å²) < 4.78 is 37.0. The van der Waals surface area contributed by atoms with Gasteiger partial charge in [-0.15, -0.1) is 0 Å². The summed E-state index contributed by atoms with van der Waals surface area (Å²) in [6, 6.07) is 1.90. The normalized spacial score (nSPS) is 28.4. The van der Waals surface area contributed by atoms with Gasteiger partial charge in [0, 0.05) is 19.0 Å². The molecule has 0 aliphatic heterocycles. The minimum absolute atomic E-state index is 0.0877. The van der Waals surface area contributed by atoms with E-state index in [1.807, 2.05) is 6.07 Å². The van der Waals surface area contributed by atoms with Crippen LogP contribution in [0, 0.1) is 29.1 Å². The minimum Gasteiger partial charge on any atom is -0.341 e. The van der Waals surface area contributed by atoms with Crippen molar-refractivity contribution in [2.45, 2.75) is 44.7 Å². The molecule has 2 aliphatic carbocycles. The Balaban J connectivity index is 1.95.